The van der Waals surface area contributed by atoms with E-state index in [-0.39, 0.29) is 5.41 Å². The fraction of sp³-hybridized carbons (Fsp3) is 0.179. The summed E-state index contributed by atoms with van der Waals surface area (Å²) in [5.74, 6) is 0. The highest BCUT2D eigenvalue weighted by Gasteiger charge is 2.51. The molecule has 43 heavy (non-hydrogen) atoms. The van der Waals surface area contributed by atoms with Gasteiger partial charge < -0.3 is 0 Å². The van der Waals surface area contributed by atoms with Crippen LogP contribution in [0.15, 0.2) is 148 Å². The predicted molar refractivity (Wildman–Crippen MR) is 192 cm³/mol. The summed E-state index contributed by atoms with van der Waals surface area (Å²) in [5.41, 5.74) is 8.17. The fourth-order valence-electron chi connectivity index (χ4n) is 6.68. The molecule has 4 radical (unpaired) electrons. The van der Waals surface area contributed by atoms with E-state index in [0.717, 1.165) is 0 Å². The van der Waals surface area contributed by atoms with Crippen LogP contribution in [0.3, 0.4) is 0 Å². The standard InChI is InChI=1S/C39H36SSi3/c1-26(2)40-31-20-12-14-27(22-31)35-24-33-37(41-35)38-34(25-36(42-38)28-15-13-21-32(23-28)43(3,4)5)39(33,29-16-8-6-9-17-29)30-18-10-7-11-19-30/h6-26H,1-5H3. The number of fused-ring (bicyclic) bond motifs is 1. The van der Waals surface area contributed by atoms with Gasteiger partial charge in [0.15, 0.2) is 0 Å². The Morgan fingerprint density at radius 1 is 0.605 bits per heavy atom. The lowest BCUT2D eigenvalue weighted by molar-refractivity contribution is 0.759. The maximum atomic E-state index is 2.58. The average Bonchev–Trinajstić information content (AvgIpc) is 3.69. The molecule has 0 aromatic heterocycles. The molecule has 0 N–H and O–H groups in total. The number of allylic oxidation sites excluding steroid dienone is 6. The van der Waals surface area contributed by atoms with Crippen LogP contribution in [0.5, 0.6) is 0 Å². The summed E-state index contributed by atoms with van der Waals surface area (Å²) in [5, 5.41) is 8.21. The Bertz CT molecular complexity index is 1800. The third kappa shape index (κ3) is 4.98. The number of rotatable bonds is 7. The van der Waals surface area contributed by atoms with Gasteiger partial charge in [0.2, 0.25) is 0 Å². The first kappa shape index (κ1) is 28.6. The molecule has 7 rings (SSSR count). The first-order chi connectivity index (χ1) is 20.7. The Hall–Kier alpha value is -3.16. The Morgan fingerprint density at radius 2 is 1.12 bits per heavy atom. The maximum absolute atomic E-state index is 2.58. The second-order valence-corrected chi connectivity index (χ2v) is 22.3. The number of hydrogen-bond acceptors (Lipinski definition) is 1. The van der Waals surface area contributed by atoms with E-state index in [1.54, 1.807) is 10.4 Å². The minimum Gasteiger partial charge on any atom is -0.123 e. The molecule has 0 amide bonds. The van der Waals surface area contributed by atoms with Gasteiger partial charge in [0, 0.05) is 10.1 Å². The normalized spacial score (nSPS) is 17.3. The van der Waals surface area contributed by atoms with Crippen LogP contribution in [0, 0.1) is 0 Å². The first-order valence-electron chi connectivity index (χ1n) is 15.2. The average molecular weight is 621 g/mol. The quantitative estimate of drug-likeness (QED) is 0.147. The van der Waals surface area contributed by atoms with Crippen molar-refractivity contribution in [1.29, 1.82) is 0 Å². The van der Waals surface area contributed by atoms with Gasteiger partial charge in [0.1, 0.15) is 19.0 Å². The van der Waals surface area contributed by atoms with E-state index < -0.39 is 8.07 Å². The maximum Gasteiger partial charge on any atom is 0.122 e. The lowest BCUT2D eigenvalue weighted by atomic mass is 9.66. The summed E-state index contributed by atoms with van der Waals surface area (Å²) in [6, 6.07) is 41.2. The summed E-state index contributed by atoms with van der Waals surface area (Å²) in [4.78, 5) is 1.36. The van der Waals surface area contributed by atoms with Crippen LogP contribution in [0.4, 0.5) is 0 Å². The summed E-state index contributed by atoms with van der Waals surface area (Å²) in [6.07, 6.45) is 5.14. The largest absolute Gasteiger partial charge is 0.123 e. The third-order valence-electron chi connectivity index (χ3n) is 8.66. The minimum atomic E-state index is -1.42. The fourth-order valence-corrected chi connectivity index (χ4v) is 12.0. The zero-order chi connectivity index (χ0) is 29.8. The van der Waals surface area contributed by atoms with Gasteiger partial charge in [0.25, 0.3) is 0 Å². The molecule has 4 aromatic rings. The lowest BCUT2D eigenvalue weighted by Crippen LogP contribution is -2.37. The second-order valence-electron chi connectivity index (χ2n) is 13.0. The topological polar surface area (TPSA) is 0 Å². The molecule has 0 bridgehead atoms. The van der Waals surface area contributed by atoms with Crippen LogP contribution < -0.4 is 5.19 Å². The lowest BCUT2D eigenvalue weighted by Gasteiger charge is -2.35. The molecule has 4 heteroatoms. The first-order valence-corrected chi connectivity index (χ1v) is 21.6. The van der Waals surface area contributed by atoms with Gasteiger partial charge in [-0.25, -0.2) is 0 Å². The zero-order valence-corrected chi connectivity index (χ0v) is 29.3. The van der Waals surface area contributed by atoms with Crippen molar-refractivity contribution in [2.24, 2.45) is 0 Å². The monoisotopic (exact) mass is 620 g/mol. The van der Waals surface area contributed by atoms with Gasteiger partial charge in [-0.1, -0.05) is 169 Å². The molecule has 2 aliphatic heterocycles. The van der Waals surface area contributed by atoms with Crippen molar-refractivity contribution >= 4 is 54.5 Å². The molecule has 0 unspecified atom stereocenters. The molecule has 0 nitrogen and oxygen atoms in total. The van der Waals surface area contributed by atoms with Crippen molar-refractivity contribution in [3.05, 3.63) is 165 Å². The molecule has 4 aromatic carbocycles. The van der Waals surface area contributed by atoms with Crippen LogP contribution in [-0.4, -0.2) is 32.4 Å². The van der Waals surface area contributed by atoms with Crippen molar-refractivity contribution in [1.82, 2.24) is 0 Å². The summed E-state index contributed by atoms with van der Waals surface area (Å²) < 4.78 is 0. The van der Waals surface area contributed by atoms with Crippen molar-refractivity contribution in [2.45, 2.75) is 49.0 Å². The highest BCUT2D eigenvalue weighted by Crippen LogP contribution is 2.59. The minimum absolute atomic E-state index is 0.308. The number of thioether (sulfide) groups is 1. The van der Waals surface area contributed by atoms with Crippen LogP contribution >= 0.6 is 11.8 Å². The Morgan fingerprint density at radius 3 is 1.63 bits per heavy atom. The van der Waals surface area contributed by atoms with E-state index >= 15 is 0 Å². The summed E-state index contributed by atoms with van der Waals surface area (Å²) in [7, 11) is -0.0834. The molecule has 3 aliphatic rings. The van der Waals surface area contributed by atoms with Crippen LogP contribution in [-0.2, 0) is 5.41 Å². The van der Waals surface area contributed by atoms with E-state index in [9.17, 15) is 0 Å². The molecule has 0 atom stereocenters. The predicted octanol–water partition coefficient (Wildman–Crippen LogP) is 9.06. The van der Waals surface area contributed by atoms with Gasteiger partial charge in [-0.2, -0.15) is 0 Å². The number of hydrogen-bond donors (Lipinski definition) is 0. The van der Waals surface area contributed by atoms with Gasteiger partial charge in [-0.15, -0.1) is 11.8 Å². The molecule has 0 fully saturated rings. The molecule has 0 saturated heterocycles. The smallest absolute Gasteiger partial charge is 0.122 e. The van der Waals surface area contributed by atoms with E-state index in [2.05, 4.69) is 155 Å². The molecule has 2 heterocycles. The summed E-state index contributed by atoms with van der Waals surface area (Å²) in [6.45, 7) is 11.9. The van der Waals surface area contributed by atoms with E-state index in [4.69, 9.17) is 0 Å². The Balaban J connectivity index is 1.40. The van der Waals surface area contributed by atoms with Gasteiger partial charge >= 0.3 is 0 Å². The van der Waals surface area contributed by atoms with Crippen molar-refractivity contribution in [2.75, 3.05) is 0 Å². The third-order valence-corrected chi connectivity index (χ3v) is 14.9. The van der Waals surface area contributed by atoms with Crippen LogP contribution in [0.2, 0.25) is 19.6 Å². The molecule has 210 valence electrons. The van der Waals surface area contributed by atoms with Crippen molar-refractivity contribution in [3.63, 3.8) is 0 Å². The van der Waals surface area contributed by atoms with Crippen LogP contribution in [0.1, 0.15) is 36.1 Å². The Kier molecular flexibility index (Phi) is 7.37. The van der Waals surface area contributed by atoms with Gasteiger partial charge in [-0.05, 0) is 45.5 Å². The van der Waals surface area contributed by atoms with Crippen molar-refractivity contribution in [3.8, 4) is 0 Å². The van der Waals surface area contributed by atoms with E-state index in [1.807, 2.05) is 11.8 Å². The van der Waals surface area contributed by atoms with E-state index in [0.29, 0.717) is 24.3 Å². The van der Waals surface area contributed by atoms with Gasteiger partial charge in [-0.3, -0.25) is 0 Å². The molecular weight excluding hydrogens is 585 g/mol. The highest BCUT2D eigenvalue weighted by molar-refractivity contribution is 7.99. The van der Waals surface area contributed by atoms with E-state index in [1.165, 1.54) is 53.9 Å². The molecule has 0 saturated carbocycles. The van der Waals surface area contributed by atoms with Crippen molar-refractivity contribution < 1.29 is 0 Å². The Labute approximate surface area is 267 Å². The van der Waals surface area contributed by atoms with Crippen LogP contribution in [0.25, 0.3) is 10.4 Å². The molecule has 0 spiro atoms. The number of benzene rings is 4. The van der Waals surface area contributed by atoms with Gasteiger partial charge in [0.05, 0.1) is 13.5 Å². The molecular formula is C39H36SSi3. The highest BCUT2D eigenvalue weighted by atomic mass is 32.2. The SMILES string of the molecule is CC(C)Sc1cccc(C2=CC3=C([Si]2)C2=C(C=C(c4cccc([Si](C)(C)C)c4)[Si]2)C3(c2ccccc2)c2ccccc2)c1. The molecule has 1 aliphatic carbocycles. The zero-order valence-electron chi connectivity index (χ0n) is 25.5. The second kappa shape index (κ2) is 11.1. The summed E-state index contributed by atoms with van der Waals surface area (Å²) >= 11 is 1.95.